The second kappa shape index (κ2) is 7.19. The van der Waals surface area contributed by atoms with Crippen LogP contribution in [0.1, 0.15) is 24.8 Å². The average Bonchev–Trinajstić information content (AvgIpc) is 2.35. The van der Waals surface area contributed by atoms with Crippen molar-refractivity contribution < 1.29 is 9.84 Å². The minimum Gasteiger partial charge on any atom is -0.494 e. The van der Waals surface area contributed by atoms with Gasteiger partial charge in [0.25, 0.3) is 0 Å². The van der Waals surface area contributed by atoms with Crippen molar-refractivity contribution in [3.8, 4) is 5.75 Å². The lowest BCUT2D eigenvalue weighted by atomic mass is 9.90. The Morgan fingerprint density at radius 2 is 1.89 bits per heavy atom. The van der Waals surface area contributed by atoms with Crippen molar-refractivity contribution in [3.63, 3.8) is 0 Å². The molecule has 0 saturated carbocycles. The van der Waals surface area contributed by atoms with E-state index >= 15 is 0 Å². The molecule has 102 valence electrons. The van der Waals surface area contributed by atoms with E-state index in [1.165, 1.54) is 7.11 Å². The van der Waals surface area contributed by atoms with Gasteiger partial charge in [0.15, 0.2) is 5.75 Å². The highest BCUT2D eigenvalue weighted by molar-refractivity contribution is 6.37. The summed E-state index contributed by atoms with van der Waals surface area (Å²) in [7, 11) is 1.53. The van der Waals surface area contributed by atoms with Crippen molar-refractivity contribution in [2.24, 2.45) is 11.7 Å². The van der Waals surface area contributed by atoms with Crippen molar-refractivity contribution >= 4 is 23.2 Å². The van der Waals surface area contributed by atoms with E-state index in [0.29, 0.717) is 22.3 Å². The number of aliphatic hydroxyl groups excluding tert-OH is 1. The first-order valence-corrected chi connectivity index (χ1v) is 6.62. The third-order valence-corrected chi connectivity index (χ3v) is 3.63. The molecular formula is C13H19Cl2NO2. The molecule has 1 rings (SSSR count). The van der Waals surface area contributed by atoms with E-state index in [1.807, 2.05) is 12.1 Å². The van der Waals surface area contributed by atoms with Crippen molar-refractivity contribution in [1.29, 1.82) is 0 Å². The number of rotatable bonds is 6. The largest absolute Gasteiger partial charge is 0.494 e. The first kappa shape index (κ1) is 15.6. The lowest BCUT2D eigenvalue weighted by Crippen LogP contribution is -2.20. The number of benzene rings is 1. The lowest BCUT2D eigenvalue weighted by molar-refractivity contribution is 0.217. The monoisotopic (exact) mass is 291 g/mol. The normalized spacial score (nSPS) is 14.3. The van der Waals surface area contributed by atoms with Gasteiger partial charge in [-0.2, -0.15) is 0 Å². The van der Waals surface area contributed by atoms with Gasteiger partial charge in [-0.1, -0.05) is 30.1 Å². The molecule has 0 spiro atoms. The summed E-state index contributed by atoms with van der Waals surface area (Å²) in [5.74, 6) is 0.818. The molecule has 0 amide bonds. The summed E-state index contributed by atoms with van der Waals surface area (Å²) in [6, 6.07) is 3.70. The van der Waals surface area contributed by atoms with Gasteiger partial charge in [0.2, 0.25) is 0 Å². The molecule has 2 unspecified atom stereocenters. The Bertz CT molecular complexity index is 372. The fraction of sp³-hybridized carbons (Fsp3) is 0.538. The van der Waals surface area contributed by atoms with Crippen LogP contribution in [0.3, 0.4) is 0 Å². The van der Waals surface area contributed by atoms with Crippen LogP contribution in [-0.2, 0) is 0 Å². The molecule has 0 bridgehead atoms. The highest BCUT2D eigenvalue weighted by Gasteiger charge is 2.16. The van der Waals surface area contributed by atoms with Gasteiger partial charge in [-0.05, 0) is 42.5 Å². The van der Waals surface area contributed by atoms with Gasteiger partial charge in [0.05, 0.1) is 17.2 Å². The topological polar surface area (TPSA) is 55.5 Å². The number of hydrogen-bond donors (Lipinski definition) is 2. The summed E-state index contributed by atoms with van der Waals surface area (Å²) >= 11 is 12.2. The van der Waals surface area contributed by atoms with Gasteiger partial charge in [-0.25, -0.2) is 0 Å². The molecule has 18 heavy (non-hydrogen) atoms. The molecule has 5 heteroatoms. The maximum atomic E-state index is 9.16. The SMILES string of the molecule is COc1c(Cl)cc(C(C)CC(CN)CO)cc1Cl. The van der Waals surface area contributed by atoms with E-state index in [-0.39, 0.29) is 18.4 Å². The smallest absolute Gasteiger partial charge is 0.156 e. The summed E-state index contributed by atoms with van der Waals surface area (Å²) in [5, 5.41) is 10.2. The standard InChI is InChI=1S/C13H19Cl2NO2/c1-8(3-9(6-16)7-17)10-4-11(14)13(18-2)12(15)5-10/h4-5,8-9,17H,3,6-7,16H2,1-2H3. The Morgan fingerprint density at radius 1 is 1.33 bits per heavy atom. The molecule has 0 aliphatic heterocycles. The van der Waals surface area contributed by atoms with E-state index < -0.39 is 0 Å². The van der Waals surface area contributed by atoms with Crippen molar-refractivity contribution in [2.75, 3.05) is 20.3 Å². The second-order valence-electron chi connectivity index (χ2n) is 4.44. The molecule has 1 aromatic rings. The van der Waals surface area contributed by atoms with Crippen LogP contribution in [0.5, 0.6) is 5.75 Å². The maximum absolute atomic E-state index is 9.16. The summed E-state index contributed by atoms with van der Waals surface area (Å²) < 4.78 is 5.11. The number of aliphatic hydroxyl groups is 1. The molecular weight excluding hydrogens is 273 g/mol. The van der Waals surface area contributed by atoms with E-state index in [1.54, 1.807) is 0 Å². The van der Waals surface area contributed by atoms with E-state index in [2.05, 4.69) is 6.92 Å². The molecule has 0 heterocycles. The molecule has 0 aromatic heterocycles. The van der Waals surface area contributed by atoms with Crippen LogP contribution in [-0.4, -0.2) is 25.4 Å². The van der Waals surface area contributed by atoms with Crippen molar-refractivity contribution in [2.45, 2.75) is 19.3 Å². The number of hydrogen-bond acceptors (Lipinski definition) is 3. The number of ether oxygens (including phenoxy) is 1. The van der Waals surface area contributed by atoms with Crippen LogP contribution < -0.4 is 10.5 Å². The molecule has 0 fully saturated rings. The number of halogens is 2. The third-order valence-electron chi connectivity index (χ3n) is 3.07. The molecule has 0 radical (unpaired) electrons. The van der Waals surface area contributed by atoms with Crippen molar-refractivity contribution in [3.05, 3.63) is 27.7 Å². The third kappa shape index (κ3) is 3.75. The zero-order chi connectivity index (χ0) is 13.7. The highest BCUT2D eigenvalue weighted by atomic mass is 35.5. The fourth-order valence-corrected chi connectivity index (χ4v) is 2.60. The van der Waals surface area contributed by atoms with Crippen LogP contribution in [0.4, 0.5) is 0 Å². The maximum Gasteiger partial charge on any atom is 0.156 e. The first-order chi connectivity index (χ1) is 8.53. The van der Waals surface area contributed by atoms with Gasteiger partial charge in [0.1, 0.15) is 0 Å². The second-order valence-corrected chi connectivity index (χ2v) is 5.25. The highest BCUT2D eigenvalue weighted by Crippen LogP contribution is 2.37. The molecule has 0 saturated heterocycles. The van der Waals surface area contributed by atoms with Crippen LogP contribution in [0.15, 0.2) is 12.1 Å². The Kier molecular flexibility index (Phi) is 6.22. The summed E-state index contributed by atoms with van der Waals surface area (Å²) in [6.07, 6.45) is 0.798. The minimum atomic E-state index is 0.0957. The van der Waals surface area contributed by atoms with Crippen LogP contribution in [0.2, 0.25) is 10.0 Å². The van der Waals surface area contributed by atoms with Crippen molar-refractivity contribution in [1.82, 2.24) is 0 Å². The predicted octanol–water partition coefficient (Wildman–Crippen LogP) is 3.06. The number of nitrogens with two attached hydrogens (primary N) is 1. The summed E-state index contributed by atoms with van der Waals surface area (Å²) in [4.78, 5) is 0. The van der Waals surface area contributed by atoms with Crippen LogP contribution in [0, 0.1) is 5.92 Å². The molecule has 2 atom stereocenters. The zero-order valence-corrected chi connectivity index (χ0v) is 12.1. The quantitative estimate of drug-likeness (QED) is 0.847. The van der Waals surface area contributed by atoms with E-state index in [0.717, 1.165) is 12.0 Å². The van der Waals surface area contributed by atoms with E-state index in [4.69, 9.17) is 38.8 Å². The molecule has 3 nitrogen and oxygen atoms in total. The zero-order valence-electron chi connectivity index (χ0n) is 10.6. The lowest BCUT2D eigenvalue weighted by Gasteiger charge is -2.19. The van der Waals surface area contributed by atoms with Crippen LogP contribution in [0.25, 0.3) is 0 Å². The molecule has 0 aliphatic carbocycles. The fourth-order valence-electron chi connectivity index (χ4n) is 1.94. The van der Waals surface area contributed by atoms with Gasteiger partial charge >= 0.3 is 0 Å². The molecule has 1 aromatic carbocycles. The van der Waals surface area contributed by atoms with Gasteiger partial charge in [-0.3, -0.25) is 0 Å². The Labute approximate surface area is 118 Å². The Morgan fingerprint density at radius 3 is 2.28 bits per heavy atom. The molecule has 3 N–H and O–H groups in total. The van der Waals surface area contributed by atoms with Crippen LogP contribution >= 0.6 is 23.2 Å². The summed E-state index contributed by atoms with van der Waals surface area (Å²) in [5.41, 5.74) is 6.61. The van der Waals surface area contributed by atoms with Gasteiger partial charge in [-0.15, -0.1) is 0 Å². The van der Waals surface area contributed by atoms with E-state index in [9.17, 15) is 0 Å². The minimum absolute atomic E-state index is 0.0957. The average molecular weight is 292 g/mol. The summed E-state index contributed by atoms with van der Waals surface area (Å²) in [6.45, 7) is 2.63. The predicted molar refractivity (Wildman–Crippen MR) is 75.7 cm³/mol. The number of methoxy groups -OCH3 is 1. The Hall–Kier alpha value is -0.480. The molecule has 0 aliphatic rings. The van der Waals surface area contributed by atoms with Gasteiger partial charge < -0.3 is 15.6 Å². The van der Waals surface area contributed by atoms with Gasteiger partial charge in [0, 0.05) is 6.61 Å². The Balaban J connectivity index is 2.90. The first-order valence-electron chi connectivity index (χ1n) is 5.87.